The van der Waals surface area contributed by atoms with Crippen LogP contribution in [0.3, 0.4) is 0 Å². The van der Waals surface area contributed by atoms with Gasteiger partial charge in [-0.3, -0.25) is 0 Å². The lowest BCUT2D eigenvalue weighted by atomic mass is 10.0. The van der Waals surface area contributed by atoms with Gasteiger partial charge in [-0.2, -0.15) is 0 Å². The van der Waals surface area contributed by atoms with E-state index in [1.807, 2.05) is 18.2 Å². The third-order valence-electron chi connectivity index (χ3n) is 5.24. The molecule has 0 radical (unpaired) electrons. The van der Waals surface area contributed by atoms with Crippen LogP contribution in [0.25, 0.3) is 0 Å². The Labute approximate surface area is 166 Å². The van der Waals surface area contributed by atoms with Crippen molar-refractivity contribution in [3.63, 3.8) is 0 Å². The smallest absolute Gasteiger partial charge is 0.240 e. The summed E-state index contributed by atoms with van der Waals surface area (Å²) in [6.07, 6.45) is 5.92. The lowest BCUT2D eigenvalue weighted by Crippen LogP contribution is -2.34. The van der Waals surface area contributed by atoms with Crippen molar-refractivity contribution in [3.8, 4) is 0 Å². The van der Waals surface area contributed by atoms with Gasteiger partial charge in [0.2, 0.25) is 10.0 Å². The zero-order valence-corrected chi connectivity index (χ0v) is 17.0. The second-order valence-corrected chi connectivity index (χ2v) is 9.56. The van der Waals surface area contributed by atoms with Crippen molar-refractivity contribution in [2.75, 3.05) is 23.3 Å². The normalized spacial score (nSPS) is 20.2. The molecule has 2 heterocycles. The number of hydrogen-bond donors (Lipinski definition) is 2. The quantitative estimate of drug-likeness (QED) is 0.742. The number of hydrogen-bond acceptors (Lipinski definition) is 6. The van der Waals surface area contributed by atoms with Gasteiger partial charge in [0.1, 0.15) is 18.0 Å². The minimum absolute atomic E-state index is 0.112. The largest absolute Gasteiger partial charge is 0.366 e. The van der Waals surface area contributed by atoms with E-state index in [0.717, 1.165) is 43.1 Å². The first-order valence-corrected chi connectivity index (χ1v) is 11.4. The van der Waals surface area contributed by atoms with Crippen LogP contribution in [-0.4, -0.2) is 37.5 Å². The van der Waals surface area contributed by atoms with Crippen LogP contribution >= 0.6 is 0 Å². The number of benzene rings is 1. The van der Waals surface area contributed by atoms with Crippen molar-refractivity contribution in [3.05, 3.63) is 42.2 Å². The van der Waals surface area contributed by atoms with Crippen LogP contribution < -0.4 is 14.9 Å². The van der Waals surface area contributed by atoms with Crippen molar-refractivity contribution < 1.29 is 8.42 Å². The molecule has 7 nitrogen and oxygen atoms in total. The molecule has 2 aromatic rings. The van der Waals surface area contributed by atoms with E-state index < -0.39 is 10.0 Å². The second kappa shape index (κ2) is 8.05. The highest BCUT2D eigenvalue weighted by atomic mass is 32.2. The van der Waals surface area contributed by atoms with E-state index in [4.69, 9.17) is 0 Å². The predicted octanol–water partition coefficient (Wildman–Crippen LogP) is 2.77. The molecule has 8 heteroatoms. The van der Waals surface area contributed by atoms with E-state index in [0.29, 0.717) is 17.4 Å². The maximum atomic E-state index is 12.2. The lowest BCUT2D eigenvalue weighted by Gasteiger charge is -2.31. The number of sulfonamides is 1. The maximum Gasteiger partial charge on any atom is 0.240 e. The standard InChI is InChI=1S/C20H27N5O2S/c1-15-3-2-10-25(13-15)20-11-19(22-14-23-20)21-12-16-4-8-18(9-5-16)28(26,27)24-17-6-7-17/h4-5,8-9,11,14-15,17,24H,2-3,6-7,10,12-13H2,1H3,(H,21,22,23). The fourth-order valence-electron chi connectivity index (χ4n) is 3.48. The average Bonchev–Trinajstić information content (AvgIpc) is 3.50. The number of anilines is 2. The average molecular weight is 402 g/mol. The summed E-state index contributed by atoms with van der Waals surface area (Å²) in [6.45, 7) is 4.91. The van der Waals surface area contributed by atoms with Gasteiger partial charge in [-0.15, -0.1) is 0 Å². The SMILES string of the molecule is CC1CCCN(c2cc(NCc3ccc(S(=O)(=O)NC4CC4)cc3)ncn2)C1. The van der Waals surface area contributed by atoms with E-state index in [1.54, 1.807) is 18.5 Å². The van der Waals surface area contributed by atoms with E-state index >= 15 is 0 Å². The fourth-order valence-corrected chi connectivity index (χ4v) is 4.79. The first-order chi connectivity index (χ1) is 13.5. The Morgan fingerprint density at radius 2 is 1.93 bits per heavy atom. The summed E-state index contributed by atoms with van der Waals surface area (Å²) in [5.41, 5.74) is 0.997. The zero-order chi connectivity index (χ0) is 19.6. The highest BCUT2D eigenvalue weighted by Gasteiger charge is 2.27. The molecule has 1 saturated heterocycles. The molecular formula is C20H27N5O2S. The van der Waals surface area contributed by atoms with Crippen LogP contribution in [0.15, 0.2) is 41.6 Å². The molecule has 0 amide bonds. The van der Waals surface area contributed by atoms with Gasteiger partial charge < -0.3 is 10.2 Å². The first-order valence-electron chi connectivity index (χ1n) is 9.92. The van der Waals surface area contributed by atoms with Crippen LogP contribution in [-0.2, 0) is 16.6 Å². The second-order valence-electron chi connectivity index (χ2n) is 7.85. The molecule has 1 saturated carbocycles. The van der Waals surface area contributed by atoms with Gasteiger partial charge >= 0.3 is 0 Å². The number of aromatic nitrogens is 2. The van der Waals surface area contributed by atoms with Gasteiger partial charge in [0.15, 0.2) is 0 Å². The van der Waals surface area contributed by atoms with E-state index in [1.165, 1.54) is 12.8 Å². The molecule has 2 N–H and O–H groups in total. The first kappa shape index (κ1) is 19.1. The van der Waals surface area contributed by atoms with Crippen LogP contribution in [0.4, 0.5) is 11.6 Å². The van der Waals surface area contributed by atoms with Crippen molar-refractivity contribution in [2.45, 2.75) is 50.1 Å². The molecule has 1 unspecified atom stereocenters. The Balaban J connectivity index is 1.37. The molecule has 0 bridgehead atoms. The van der Waals surface area contributed by atoms with E-state index in [2.05, 4.69) is 31.8 Å². The summed E-state index contributed by atoms with van der Waals surface area (Å²) < 4.78 is 27.2. The number of nitrogens with one attached hydrogen (secondary N) is 2. The van der Waals surface area contributed by atoms with Gasteiger partial charge in [0.25, 0.3) is 0 Å². The van der Waals surface area contributed by atoms with Crippen LogP contribution in [0.1, 0.15) is 38.2 Å². The highest BCUT2D eigenvalue weighted by Crippen LogP contribution is 2.23. The van der Waals surface area contributed by atoms with E-state index in [-0.39, 0.29) is 6.04 Å². The zero-order valence-electron chi connectivity index (χ0n) is 16.1. The minimum Gasteiger partial charge on any atom is -0.366 e. The molecule has 0 spiro atoms. The van der Waals surface area contributed by atoms with Crippen LogP contribution in [0.2, 0.25) is 0 Å². The Morgan fingerprint density at radius 3 is 2.64 bits per heavy atom. The topological polar surface area (TPSA) is 87.2 Å². The minimum atomic E-state index is -3.40. The summed E-state index contributed by atoms with van der Waals surface area (Å²) in [7, 11) is -3.40. The molecule has 1 aliphatic carbocycles. The van der Waals surface area contributed by atoms with Crippen molar-refractivity contribution >= 4 is 21.7 Å². The predicted molar refractivity (Wildman–Crippen MR) is 110 cm³/mol. The summed E-state index contributed by atoms with van der Waals surface area (Å²) >= 11 is 0. The van der Waals surface area contributed by atoms with Gasteiger partial charge in [-0.05, 0) is 49.3 Å². The van der Waals surface area contributed by atoms with Gasteiger partial charge in [0, 0.05) is 31.7 Å². The molecule has 28 heavy (non-hydrogen) atoms. The lowest BCUT2D eigenvalue weighted by molar-refractivity contribution is 0.444. The van der Waals surface area contributed by atoms with Crippen LogP contribution in [0, 0.1) is 5.92 Å². The molecule has 2 fully saturated rings. The van der Waals surface area contributed by atoms with Crippen molar-refractivity contribution in [1.82, 2.24) is 14.7 Å². The monoisotopic (exact) mass is 401 g/mol. The Hall–Kier alpha value is -2.19. The summed E-state index contributed by atoms with van der Waals surface area (Å²) in [5.74, 6) is 2.41. The van der Waals surface area contributed by atoms with Crippen molar-refractivity contribution in [1.29, 1.82) is 0 Å². The van der Waals surface area contributed by atoms with Crippen molar-refractivity contribution in [2.24, 2.45) is 5.92 Å². The highest BCUT2D eigenvalue weighted by molar-refractivity contribution is 7.89. The summed E-state index contributed by atoms with van der Waals surface area (Å²) in [4.78, 5) is 11.4. The van der Waals surface area contributed by atoms with E-state index in [9.17, 15) is 8.42 Å². The molecule has 1 atom stereocenters. The van der Waals surface area contributed by atoms with Gasteiger partial charge in [0.05, 0.1) is 4.90 Å². The summed E-state index contributed by atoms with van der Waals surface area (Å²) in [5, 5.41) is 3.31. The maximum absolute atomic E-state index is 12.2. The third-order valence-corrected chi connectivity index (χ3v) is 6.78. The molecule has 4 rings (SSSR count). The molecule has 150 valence electrons. The molecule has 1 aromatic heterocycles. The third kappa shape index (κ3) is 4.80. The van der Waals surface area contributed by atoms with Gasteiger partial charge in [-0.1, -0.05) is 19.1 Å². The Morgan fingerprint density at radius 1 is 1.14 bits per heavy atom. The molecular weight excluding hydrogens is 374 g/mol. The van der Waals surface area contributed by atoms with Gasteiger partial charge in [-0.25, -0.2) is 23.1 Å². The molecule has 1 aliphatic heterocycles. The number of nitrogens with zero attached hydrogens (tertiary/aromatic N) is 3. The van der Waals surface area contributed by atoms with Crippen LogP contribution in [0.5, 0.6) is 0 Å². The number of rotatable bonds is 7. The molecule has 2 aliphatic rings. The fraction of sp³-hybridized carbons (Fsp3) is 0.500. The molecule has 1 aromatic carbocycles. The summed E-state index contributed by atoms with van der Waals surface area (Å²) in [6, 6.07) is 9.08. The Bertz CT molecular complexity index is 912. The Kier molecular flexibility index (Phi) is 5.50. The number of piperidine rings is 1.